The first-order valence-corrected chi connectivity index (χ1v) is 9.00. The Bertz CT molecular complexity index is 867. The molecule has 1 heterocycles. The number of aromatic nitrogens is 2. The molecule has 0 saturated carbocycles. The summed E-state index contributed by atoms with van der Waals surface area (Å²) in [6.45, 7) is 2.10. The zero-order valence-electron chi connectivity index (χ0n) is 14.0. The number of benzene rings is 2. The van der Waals surface area contributed by atoms with Crippen LogP contribution in [0, 0.1) is 9.39 Å². The van der Waals surface area contributed by atoms with Gasteiger partial charge in [-0.15, -0.1) is 0 Å². The van der Waals surface area contributed by atoms with Gasteiger partial charge in [0.25, 0.3) is 5.91 Å². The van der Waals surface area contributed by atoms with Crippen molar-refractivity contribution in [3.05, 3.63) is 82.2 Å². The number of amides is 1. The van der Waals surface area contributed by atoms with Gasteiger partial charge < -0.3 is 14.6 Å². The van der Waals surface area contributed by atoms with E-state index in [2.05, 4.69) is 32.9 Å². The summed E-state index contributed by atoms with van der Waals surface area (Å²) >= 11 is 2.18. The topological polar surface area (TPSA) is 56.2 Å². The highest BCUT2D eigenvalue weighted by Gasteiger charge is 2.30. The summed E-state index contributed by atoms with van der Waals surface area (Å²) < 4.78 is 22.0. The van der Waals surface area contributed by atoms with Crippen molar-refractivity contribution in [2.45, 2.75) is 19.2 Å². The standard InChI is InChI=1S/C19H17FIN3O2/c1-19(12-24-11-10-22-13-24,26-17-8-4-15(20)5-9-17)23-18(25)14-2-6-16(21)7-3-14/h2-11,13H,12H2,1H3,(H,23,25). The van der Waals surface area contributed by atoms with Gasteiger partial charge in [-0.25, -0.2) is 9.37 Å². The molecular weight excluding hydrogens is 448 g/mol. The van der Waals surface area contributed by atoms with E-state index in [1.807, 2.05) is 12.1 Å². The average molecular weight is 465 g/mol. The molecule has 0 fully saturated rings. The van der Waals surface area contributed by atoms with E-state index in [1.54, 1.807) is 42.3 Å². The highest BCUT2D eigenvalue weighted by atomic mass is 127. The lowest BCUT2D eigenvalue weighted by atomic mass is 10.1. The van der Waals surface area contributed by atoms with Gasteiger partial charge in [-0.3, -0.25) is 4.79 Å². The Balaban J connectivity index is 1.82. The molecule has 7 heteroatoms. The lowest BCUT2D eigenvalue weighted by Crippen LogP contribution is -2.53. The van der Waals surface area contributed by atoms with Gasteiger partial charge in [0.1, 0.15) is 11.6 Å². The maximum Gasteiger partial charge on any atom is 0.254 e. The van der Waals surface area contributed by atoms with Crippen LogP contribution in [0.1, 0.15) is 17.3 Å². The Hall–Kier alpha value is -2.42. The van der Waals surface area contributed by atoms with E-state index in [-0.39, 0.29) is 11.7 Å². The van der Waals surface area contributed by atoms with Crippen molar-refractivity contribution in [3.63, 3.8) is 0 Å². The van der Waals surface area contributed by atoms with Crippen molar-refractivity contribution in [2.75, 3.05) is 0 Å². The number of imidazole rings is 1. The fraction of sp³-hybridized carbons (Fsp3) is 0.158. The molecule has 0 bridgehead atoms. The molecule has 26 heavy (non-hydrogen) atoms. The van der Waals surface area contributed by atoms with Crippen molar-refractivity contribution >= 4 is 28.5 Å². The molecule has 1 N–H and O–H groups in total. The Morgan fingerprint density at radius 2 is 1.92 bits per heavy atom. The number of rotatable bonds is 6. The molecule has 1 unspecified atom stereocenters. The fourth-order valence-corrected chi connectivity index (χ4v) is 2.86. The molecule has 134 valence electrons. The van der Waals surface area contributed by atoms with Gasteiger partial charge in [0.15, 0.2) is 5.72 Å². The first-order valence-electron chi connectivity index (χ1n) is 7.92. The van der Waals surface area contributed by atoms with Crippen LogP contribution in [0.5, 0.6) is 5.75 Å². The largest absolute Gasteiger partial charge is 0.466 e. The molecule has 0 saturated heterocycles. The number of halogens is 2. The fourth-order valence-electron chi connectivity index (χ4n) is 2.50. The van der Waals surface area contributed by atoms with Crippen LogP contribution in [0.2, 0.25) is 0 Å². The molecule has 2 aromatic carbocycles. The van der Waals surface area contributed by atoms with Crippen LogP contribution in [-0.2, 0) is 6.54 Å². The summed E-state index contributed by atoms with van der Waals surface area (Å²) in [5.74, 6) is -0.153. The zero-order valence-corrected chi connectivity index (χ0v) is 16.2. The highest BCUT2D eigenvalue weighted by Crippen LogP contribution is 2.20. The molecule has 1 amide bonds. The van der Waals surface area contributed by atoms with Gasteiger partial charge in [-0.1, -0.05) is 0 Å². The Morgan fingerprint density at radius 3 is 2.54 bits per heavy atom. The summed E-state index contributed by atoms with van der Waals surface area (Å²) in [6, 6.07) is 12.9. The normalized spacial score (nSPS) is 13.0. The van der Waals surface area contributed by atoms with E-state index in [9.17, 15) is 9.18 Å². The Labute approximate surface area is 164 Å². The van der Waals surface area contributed by atoms with Gasteiger partial charge in [-0.05, 0) is 78.0 Å². The van der Waals surface area contributed by atoms with Crippen molar-refractivity contribution in [2.24, 2.45) is 0 Å². The number of nitrogens with zero attached hydrogens (tertiary/aromatic N) is 2. The first-order chi connectivity index (χ1) is 12.4. The van der Waals surface area contributed by atoms with Gasteiger partial charge in [-0.2, -0.15) is 0 Å². The molecule has 0 spiro atoms. The SMILES string of the molecule is CC(Cn1ccnc1)(NC(=O)c1ccc(I)cc1)Oc1ccc(F)cc1. The smallest absolute Gasteiger partial charge is 0.254 e. The Kier molecular flexibility index (Phi) is 5.55. The van der Waals surface area contributed by atoms with E-state index in [0.717, 1.165) is 3.57 Å². The lowest BCUT2D eigenvalue weighted by molar-refractivity contribution is 0.0304. The molecule has 0 aliphatic rings. The third kappa shape index (κ3) is 4.81. The monoisotopic (exact) mass is 465 g/mol. The zero-order chi connectivity index (χ0) is 18.6. The lowest BCUT2D eigenvalue weighted by Gasteiger charge is -2.32. The van der Waals surface area contributed by atoms with Crippen molar-refractivity contribution in [1.82, 2.24) is 14.9 Å². The van der Waals surface area contributed by atoms with Gasteiger partial charge >= 0.3 is 0 Å². The summed E-state index contributed by atoms with van der Waals surface area (Å²) in [6.07, 6.45) is 5.08. The number of hydrogen-bond acceptors (Lipinski definition) is 3. The van der Waals surface area contributed by atoms with E-state index >= 15 is 0 Å². The van der Waals surface area contributed by atoms with E-state index in [4.69, 9.17) is 4.74 Å². The quantitative estimate of drug-likeness (QED) is 0.445. The second-order valence-corrected chi connectivity index (χ2v) is 7.23. The molecule has 5 nitrogen and oxygen atoms in total. The minimum Gasteiger partial charge on any atom is -0.466 e. The molecule has 1 atom stereocenters. The number of nitrogens with one attached hydrogen (secondary N) is 1. The third-order valence-electron chi connectivity index (χ3n) is 3.68. The average Bonchev–Trinajstić information content (AvgIpc) is 3.10. The van der Waals surface area contributed by atoms with Crippen molar-refractivity contribution < 1.29 is 13.9 Å². The minimum absolute atomic E-state index is 0.258. The third-order valence-corrected chi connectivity index (χ3v) is 4.40. The van der Waals surface area contributed by atoms with Crippen LogP contribution in [0.25, 0.3) is 0 Å². The van der Waals surface area contributed by atoms with Crippen LogP contribution >= 0.6 is 22.6 Å². The number of carbonyl (C=O) groups excluding carboxylic acids is 1. The first kappa shape index (κ1) is 18.4. The Morgan fingerprint density at radius 1 is 1.23 bits per heavy atom. The molecular formula is C19H17FIN3O2. The van der Waals surface area contributed by atoms with Crippen LogP contribution in [0.15, 0.2) is 67.3 Å². The van der Waals surface area contributed by atoms with Crippen molar-refractivity contribution in [3.8, 4) is 5.75 Å². The van der Waals surface area contributed by atoms with E-state index in [0.29, 0.717) is 17.9 Å². The summed E-state index contributed by atoms with van der Waals surface area (Å²) in [5.41, 5.74) is -0.525. The van der Waals surface area contributed by atoms with E-state index in [1.165, 1.54) is 24.3 Å². The molecule has 0 radical (unpaired) electrons. The predicted octanol–water partition coefficient (Wildman–Crippen LogP) is 3.85. The second kappa shape index (κ2) is 7.86. The van der Waals surface area contributed by atoms with Gasteiger partial charge in [0, 0.05) is 21.5 Å². The van der Waals surface area contributed by atoms with Crippen LogP contribution in [0.3, 0.4) is 0 Å². The number of ether oxygens (including phenoxy) is 1. The summed E-state index contributed by atoms with van der Waals surface area (Å²) in [5, 5.41) is 2.92. The molecule has 1 aromatic heterocycles. The van der Waals surface area contributed by atoms with Crippen LogP contribution in [0.4, 0.5) is 4.39 Å². The maximum atomic E-state index is 13.2. The molecule has 3 rings (SSSR count). The predicted molar refractivity (Wildman–Crippen MR) is 104 cm³/mol. The molecule has 0 aliphatic carbocycles. The highest BCUT2D eigenvalue weighted by molar-refractivity contribution is 14.1. The van der Waals surface area contributed by atoms with Crippen LogP contribution < -0.4 is 10.1 Å². The minimum atomic E-state index is -1.06. The maximum absolute atomic E-state index is 13.2. The van der Waals surface area contributed by atoms with E-state index < -0.39 is 5.72 Å². The summed E-state index contributed by atoms with van der Waals surface area (Å²) in [7, 11) is 0. The van der Waals surface area contributed by atoms with Gasteiger partial charge in [0.05, 0.1) is 12.9 Å². The van der Waals surface area contributed by atoms with Gasteiger partial charge in [0.2, 0.25) is 0 Å². The van der Waals surface area contributed by atoms with Crippen molar-refractivity contribution in [1.29, 1.82) is 0 Å². The molecule has 0 aliphatic heterocycles. The molecule has 3 aromatic rings. The number of carbonyl (C=O) groups is 1. The van der Waals surface area contributed by atoms with Crippen LogP contribution in [-0.4, -0.2) is 21.2 Å². The number of hydrogen-bond donors (Lipinski definition) is 1. The summed E-state index contributed by atoms with van der Waals surface area (Å²) in [4.78, 5) is 16.7. The second-order valence-electron chi connectivity index (χ2n) is 5.98.